The highest BCUT2D eigenvalue weighted by Crippen LogP contribution is 2.59. The van der Waals surface area contributed by atoms with Gasteiger partial charge in [-0.2, -0.15) is 10.6 Å². The van der Waals surface area contributed by atoms with E-state index in [2.05, 4.69) is 15.3 Å². The fraction of sp³-hybridized carbons (Fsp3) is 0.318. The maximum absolute atomic E-state index is 14.9. The van der Waals surface area contributed by atoms with Gasteiger partial charge in [-0.3, -0.25) is 18.9 Å². The van der Waals surface area contributed by atoms with Crippen LogP contribution in [-0.2, 0) is 5.54 Å². The van der Waals surface area contributed by atoms with Crippen LogP contribution in [0.4, 0.5) is 14.5 Å². The zero-order valence-corrected chi connectivity index (χ0v) is 20.2. The number of amidine groups is 1. The molecule has 1 amide bonds. The van der Waals surface area contributed by atoms with Crippen molar-refractivity contribution in [1.82, 2.24) is 9.38 Å². The molecule has 5 N–H and O–H groups in total. The number of nitrogens with two attached hydrogens (primary N) is 1. The second-order valence-electron chi connectivity index (χ2n) is 8.75. The second kappa shape index (κ2) is 8.19. The average Bonchev–Trinajstić information content (AvgIpc) is 3.09. The number of pyridine rings is 1. The fourth-order valence-corrected chi connectivity index (χ4v) is 5.72. The van der Waals surface area contributed by atoms with Crippen molar-refractivity contribution in [1.29, 1.82) is 0 Å². The first-order valence-electron chi connectivity index (χ1n) is 10.2. The molecule has 0 bridgehead atoms. The minimum absolute atomic E-state index is 0.129. The molecule has 1 unspecified atom stereocenters. The molecule has 1 aromatic carbocycles. The monoisotopic (exact) mass is 511 g/mol. The molecule has 0 radical (unpaired) electrons. The van der Waals surface area contributed by atoms with Crippen molar-refractivity contribution in [2.24, 2.45) is 10.7 Å². The highest BCUT2D eigenvalue weighted by molar-refractivity contribution is 8.26. The Morgan fingerprint density at radius 3 is 2.68 bits per heavy atom. The van der Waals surface area contributed by atoms with E-state index in [0.717, 1.165) is 6.07 Å². The van der Waals surface area contributed by atoms with Crippen LogP contribution in [0.15, 0.2) is 41.5 Å². The van der Waals surface area contributed by atoms with E-state index in [1.54, 1.807) is 29.7 Å². The minimum atomic E-state index is -3.47. The van der Waals surface area contributed by atoms with Crippen molar-refractivity contribution in [3.63, 3.8) is 0 Å². The van der Waals surface area contributed by atoms with Crippen molar-refractivity contribution in [2.75, 3.05) is 17.7 Å². The number of amides is 1. The maximum atomic E-state index is 14.9. The molecule has 2 aromatic heterocycles. The molecule has 3 heterocycles. The van der Waals surface area contributed by atoms with Crippen LogP contribution in [0.1, 0.15) is 35.6 Å². The Bertz CT molecular complexity index is 1340. The van der Waals surface area contributed by atoms with Gasteiger partial charge in [0.25, 0.3) is 5.91 Å². The van der Waals surface area contributed by atoms with Crippen molar-refractivity contribution in [3.8, 4) is 0 Å². The van der Waals surface area contributed by atoms with Gasteiger partial charge in [-0.1, -0.05) is 11.6 Å². The zero-order chi connectivity index (χ0) is 25.1. The van der Waals surface area contributed by atoms with E-state index in [-0.39, 0.29) is 22.8 Å². The molecule has 1 aliphatic rings. The van der Waals surface area contributed by atoms with Gasteiger partial charge in [0.2, 0.25) is 0 Å². The highest BCUT2D eigenvalue weighted by Gasteiger charge is 2.51. The van der Waals surface area contributed by atoms with Crippen LogP contribution in [0.25, 0.3) is 5.65 Å². The van der Waals surface area contributed by atoms with Crippen LogP contribution in [0.5, 0.6) is 0 Å². The second-order valence-corrected chi connectivity index (χ2v) is 11.8. The molecular weight excluding hydrogens is 488 g/mol. The number of hydrogen-bond donors (Lipinski definition) is 4. The molecule has 0 saturated heterocycles. The Kier molecular flexibility index (Phi) is 5.88. The lowest BCUT2D eigenvalue weighted by molar-refractivity contribution is 0.102. The molecule has 34 heavy (non-hydrogen) atoms. The largest absolute Gasteiger partial charge is 0.386 e. The number of aromatic nitrogens is 2. The number of aliphatic imine (C=N–C) groups is 1. The Hall–Kier alpha value is -2.73. The Balaban J connectivity index is 1.72. The predicted molar refractivity (Wildman–Crippen MR) is 130 cm³/mol. The summed E-state index contributed by atoms with van der Waals surface area (Å²) in [6.07, 6.45) is 1.63. The topological polar surface area (TPSA) is 125 Å². The Morgan fingerprint density at radius 1 is 1.32 bits per heavy atom. The lowest BCUT2D eigenvalue weighted by Crippen LogP contribution is -2.53. The highest BCUT2D eigenvalue weighted by atomic mass is 35.5. The fourth-order valence-electron chi connectivity index (χ4n) is 3.86. The van der Waals surface area contributed by atoms with Crippen LogP contribution in [0, 0.1) is 12.7 Å². The number of fused-ring (bicyclic) bond motifs is 1. The number of carbonyl (C=O) groups is 1. The van der Waals surface area contributed by atoms with Crippen LogP contribution >= 0.6 is 22.2 Å². The van der Waals surface area contributed by atoms with Crippen LogP contribution in [0.3, 0.4) is 0 Å². The third-order valence-corrected chi connectivity index (χ3v) is 9.14. The third kappa shape index (κ3) is 3.82. The summed E-state index contributed by atoms with van der Waals surface area (Å²) in [4.78, 5) is 21.4. The number of carbonyl (C=O) groups excluding carboxylic acids is 1. The number of hydrogen-bond acceptors (Lipinski definition) is 6. The molecule has 0 aliphatic carbocycles. The number of alkyl halides is 1. The van der Waals surface area contributed by atoms with E-state index in [0.29, 0.717) is 16.4 Å². The number of rotatable bonds is 4. The molecule has 8 nitrogen and oxygen atoms in total. The molecule has 0 spiro atoms. The summed E-state index contributed by atoms with van der Waals surface area (Å²) in [5, 5.41) is 3.11. The first kappa shape index (κ1) is 24.4. The molecular formula is C22H24ClF2N5O3S. The molecule has 1 aliphatic heterocycles. The van der Waals surface area contributed by atoms with E-state index in [9.17, 15) is 22.7 Å². The van der Waals surface area contributed by atoms with Crippen LogP contribution < -0.4 is 11.1 Å². The van der Waals surface area contributed by atoms with E-state index in [4.69, 9.17) is 17.3 Å². The van der Waals surface area contributed by atoms with Crippen LogP contribution in [0.2, 0.25) is 5.02 Å². The first-order valence-corrected chi connectivity index (χ1v) is 12.3. The number of aryl methyl sites for hydroxylation is 1. The Morgan fingerprint density at radius 2 is 2.03 bits per heavy atom. The standard InChI is InChI=1S/C22H24ClF2N5O3S/c1-12-18(28-17-7-4-13(23)9-30(12)17)19(31)27-14-5-6-16(25)15(8-14)22(10-24)11-34(32,33)21(2,3)20(26)29-22/h4-9,32-33H,10-11H2,1-3H3,(H2,26,29)(H,27,31). The molecule has 4 rings (SSSR count). The van der Waals surface area contributed by atoms with Gasteiger partial charge in [0.1, 0.15) is 40.0 Å². The van der Waals surface area contributed by atoms with E-state index in [1.807, 2.05) is 0 Å². The van der Waals surface area contributed by atoms with Gasteiger partial charge in [-0.25, -0.2) is 13.8 Å². The van der Waals surface area contributed by atoms with E-state index >= 15 is 0 Å². The summed E-state index contributed by atoms with van der Waals surface area (Å²) >= 11 is 6.02. The first-order chi connectivity index (χ1) is 15.8. The van der Waals surface area contributed by atoms with Crippen molar-refractivity contribution in [2.45, 2.75) is 31.1 Å². The number of imidazole rings is 1. The van der Waals surface area contributed by atoms with Gasteiger partial charge in [-0.15, -0.1) is 0 Å². The number of nitrogens with zero attached hydrogens (tertiary/aromatic N) is 3. The normalized spacial score (nSPS) is 22.3. The van der Waals surface area contributed by atoms with Gasteiger partial charge in [0, 0.05) is 17.4 Å². The zero-order valence-electron chi connectivity index (χ0n) is 18.6. The molecule has 12 heteroatoms. The molecule has 0 fully saturated rings. The molecule has 0 saturated carbocycles. The number of nitrogens with one attached hydrogen (secondary N) is 1. The van der Waals surface area contributed by atoms with E-state index < -0.39 is 45.0 Å². The molecule has 3 aromatic rings. The molecule has 182 valence electrons. The third-order valence-electron chi connectivity index (χ3n) is 6.19. The Labute approximate surface area is 201 Å². The summed E-state index contributed by atoms with van der Waals surface area (Å²) in [6.45, 7) is 3.45. The maximum Gasteiger partial charge on any atom is 0.276 e. The SMILES string of the molecule is Cc1c(C(=O)Nc2ccc(F)c(C3(CF)CS(O)(O)C(C)(C)C(N)=N3)c2)nc2ccc(Cl)cn12. The van der Waals surface area contributed by atoms with Gasteiger partial charge in [-0.05, 0) is 51.1 Å². The summed E-state index contributed by atoms with van der Waals surface area (Å²) in [5.74, 6) is -2.13. The minimum Gasteiger partial charge on any atom is -0.386 e. The van der Waals surface area contributed by atoms with Gasteiger partial charge < -0.3 is 15.5 Å². The number of benzene rings is 1. The summed E-state index contributed by atoms with van der Waals surface area (Å²) < 4.78 is 51.0. The lowest BCUT2D eigenvalue weighted by atomic mass is 9.92. The number of halogens is 3. The smallest absolute Gasteiger partial charge is 0.276 e. The van der Waals surface area contributed by atoms with Crippen molar-refractivity contribution in [3.05, 3.63) is 64.3 Å². The quantitative estimate of drug-likeness (QED) is 0.402. The van der Waals surface area contributed by atoms with Gasteiger partial charge in [0.15, 0.2) is 0 Å². The van der Waals surface area contributed by atoms with Gasteiger partial charge >= 0.3 is 0 Å². The van der Waals surface area contributed by atoms with Crippen LogP contribution in [-0.4, -0.2) is 47.4 Å². The van der Waals surface area contributed by atoms with E-state index in [1.165, 1.54) is 26.0 Å². The van der Waals surface area contributed by atoms with Crippen molar-refractivity contribution >= 4 is 45.3 Å². The summed E-state index contributed by atoms with van der Waals surface area (Å²) in [7, 11) is -3.47. The number of anilines is 1. The predicted octanol–water partition coefficient (Wildman–Crippen LogP) is 4.75. The summed E-state index contributed by atoms with van der Waals surface area (Å²) in [6, 6.07) is 6.89. The lowest BCUT2D eigenvalue weighted by Gasteiger charge is -2.53. The molecule has 1 atom stereocenters. The average molecular weight is 512 g/mol. The summed E-state index contributed by atoms with van der Waals surface area (Å²) in [5.41, 5.74) is 5.10. The van der Waals surface area contributed by atoms with Crippen molar-refractivity contribution < 1.29 is 22.7 Å². The van der Waals surface area contributed by atoms with Gasteiger partial charge in [0.05, 0.1) is 16.5 Å².